The van der Waals surface area contributed by atoms with Gasteiger partial charge < -0.3 is 10.2 Å². The highest BCUT2D eigenvalue weighted by Gasteiger charge is 2.42. The zero-order valence-electron chi connectivity index (χ0n) is 34.9. The molecule has 0 heterocycles. The fourth-order valence-electron chi connectivity index (χ4n) is 9.45. The van der Waals surface area contributed by atoms with E-state index in [1.54, 1.807) is 0 Å². The summed E-state index contributed by atoms with van der Waals surface area (Å²) in [5.74, 6) is 0. The van der Waals surface area contributed by atoms with Crippen LogP contribution < -0.4 is 10.2 Å². The molecule has 0 bridgehead atoms. The standard InChI is InChI=1S/C51H64N2/c1-34-29-38(52-37-23-21-36(22-24-37)47(2,3)4)31-39(30-34)53(44-20-16-19-41-46(44)51(11,12)28-27-48(41,5)6)45-33-43-42(49(7,8)25-26-50(43,9)10)32-40(45)35-17-14-13-15-18-35/h13-21,23,29-33,52H,22,24-28H2,1-12H3. The van der Waals surface area contributed by atoms with Gasteiger partial charge in [-0.05, 0) is 148 Å². The Morgan fingerprint density at radius 3 is 1.83 bits per heavy atom. The first kappa shape index (κ1) is 37.3. The molecular formula is C51H64N2. The van der Waals surface area contributed by atoms with Crippen molar-refractivity contribution < 1.29 is 0 Å². The molecule has 0 aromatic heterocycles. The van der Waals surface area contributed by atoms with E-state index in [2.05, 4.69) is 184 Å². The second kappa shape index (κ2) is 13.1. The van der Waals surface area contributed by atoms with Crippen LogP contribution in [0.5, 0.6) is 0 Å². The van der Waals surface area contributed by atoms with Gasteiger partial charge in [-0.1, -0.05) is 130 Å². The van der Waals surface area contributed by atoms with Gasteiger partial charge in [0.2, 0.25) is 0 Å². The second-order valence-corrected chi connectivity index (χ2v) is 20.2. The van der Waals surface area contributed by atoms with Gasteiger partial charge in [-0.15, -0.1) is 0 Å². The molecule has 0 unspecified atom stereocenters. The molecule has 3 aliphatic carbocycles. The van der Waals surface area contributed by atoms with Gasteiger partial charge in [0.05, 0.1) is 11.4 Å². The van der Waals surface area contributed by atoms with Gasteiger partial charge in [-0.25, -0.2) is 0 Å². The highest BCUT2D eigenvalue weighted by Crippen LogP contribution is 2.55. The van der Waals surface area contributed by atoms with Crippen molar-refractivity contribution in [2.75, 3.05) is 10.2 Å². The molecule has 3 aliphatic rings. The number of allylic oxidation sites excluding steroid dienone is 4. The first-order valence-electron chi connectivity index (χ1n) is 20.2. The van der Waals surface area contributed by atoms with Crippen LogP contribution in [0.15, 0.2) is 102 Å². The zero-order chi connectivity index (χ0) is 38.1. The maximum absolute atomic E-state index is 3.89. The lowest BCUT2D eigenvalue weighted by Crippen LogP contribution is -2.36. The van der Waals surface area contributed by atoms with Crippen LogP contribution in [0.25, 0.3) is 11.1 Å². The molecule has 278 valence electrons. The summed E-state index contributed by atoms with van der Waals surface area (Å²) in [6, 6.07) is 30.6. The van der Waals surface area contributed by atoms with Crippen LogP contribution in [-0.4, -0.2) is 0 Å². The average Bonchev–Trinajstić information content (AvgIpc) is 3.09. The van der Waals surface area contributed by atoms with Crippen molar-refractivity contribution >= 4 is 22.7 Å². The SMILES string of the molecule is Cc1cc(NC2=CC=C(C(C)(C)C)CC2)cc(N(c2cc3c(cc2-c2ccccc2)C(C)(C)CCC3(C)C)c2cccc3c2C(C)(C)CCC3(C)C)c1. The van der Waals surface area contributed by atoms with Gasteiger partial charge in [0.15, 0.2) is 0 Å². The lowest BCUT2D eigenvalue weighted by Gasteiger charge is -2.46. The van der Waals surface area contributed by atoms with Crippen LogP contribution in [0, 0.1) is 12.3 Å². The highest BCUT2D eigenvalue weighted by atomic mass is 15.2. The number of nitrogens with zero attached hydrogens (tertiary/aromatic N) is 1. The molecule has 7 rings (SSSR count). The predicted molar refractivity (Wildman–Crippen MR) is 230 cm³/mol. The molecule has 0 spiro atoms. The summed E-state index contributed by atoms with van der Waals surface area (Å²) in [7, 11) is 0. The minimum Gasteiger partial charge on any atom is -0.359 e. The van der Waals surface area contributed by atoms with E-state index < -0.39 is 0 Å². The van der Waals surface area contributed by atoms with Crippen molar-refractivity contribution in [1.29, 1.82) is 0 Å². The van der Waals surface area contributed by atoms with Crippen LogP contribution in [0.2, 0.25) is 0 Å². The quantitative estimate of drug-likeness (QED) is 0.215. The van der Waals surface area contributed by atoms with Crippen molar-refractivity contribution in [1.82, 2.24) is 0 Å². The normalized spacial score (nSPS) is 19.7. The highest BCUT2D eigenvalue weighted by molar-refractivity contribution is 5.91. The first-order chi connectivity index (χ1) is 24.8. The summed E-state index contributed by atoms with van der Waals surface area (Å²) in [4.78, 5) is 2.65. The van der Waals surface area contributed by atoms with Gasteiger partial charge >= 0.3 is 0 Å². The number of nitrogens with one attached hydrogen (secondary N) is 1. The van der Waals surface area contributed by atoms with Gasteiger partial charge in [-0.2, -0.15) is 0 Å². The fourth-order valence-corrected chi connectivity index (χ4v) is 9.45. The van der Waals surface area contributed by atoms with Crippen molar-refractivity contribution in [2.24, 2.45) is 5.41 Å². The molecule has 0 saturated heterocycles. The van der Waals surface area contributed by atoms with Crippen molar-refractivity contribution in [2.45, 2.75) is 143 Å². The summed E-state index contributed by atoms with van der Waals surface area (Å²) in [5, 5.41) is 3.89. The molecule has 0 amide bonds. The molecule has 0 aliphatic heterocycles. The van der Waals surface area contributed by atoms with Gasteiger partial charge in [0.25, 0.3) is 0 Å². The van der Waals surface area contributed by atoms with E-state index in [0.717, 1.165) is 24.9 Å². The number of hydrogen-bond donors (Lipinski definition) is 1. The topological polar surface area (TPSA) is 15.3 Å². The Kier molecular flexibility index (Phi) is 9.19. The van der Waals surface area contributed by atoms with Crippen LogP contribution in [0.4, 0.5) is 22.7 Å². The molecular weight excluding hydrogens is 641 g/mol. The summed E-state index contributed by atoms with van der Waals surface area (Å²) in [5.41, 5.74) is 18.0. The van der Waals surface area contributed by atoms with E-state index in [1.165, 1.54) is 86.5 Å². The molecule has 0 saturated carbocycles. The second-order valence-electron chi connectivity index (χ2n) is 20.2. The molecule has 53 heavy (non-hydrogen) atoms. The van der Waals surface area contributed by atoms with E-state index in [0.29, 0.717) is 0 Å². The summed E-state index contributed by atoms with van der Waals surface area (Å²) in [6.07, 6.45) is 11.5. The summed E-state index contributed by atoms with van der Waals surface area (Å²) in [6.45, 7) is 28.9. The van der Waals surface area contributed by atoms with Crippen LogP contribution in [0.3, 0.4) is 0 Å². The van der Waals surface area contributed by atoms with Crippen molar-refractivity contribution in [3.05, 3.63) is 130 Å². The zero-order valence-corrected chi connectivity index (χ0v) is 34.9. The van der Waals surface area contributed by atoms with Crippen LogP contribution in [0.1, 0.15) is 143 Å². The third kappa shape index (κ3) is 7.04. The van der Waals surface area contributed by atoms with Gasteiger partial charge in [0, 0.05) is 22.6 Å². The Labute approximate surface area is 321 Å². The maximum atomic E-state index is 3.89. The van der Waals surface area contributed by atoms with E-state index in [-0.39, 0.29) is 27.1 Å². The number of fused-ring (bicyclic) bond motifs is 2. The van der Waals surface area contributed by atoms with E-state index in [1.807, 2.05) is 0 Å². The Morgan fingerprint density at radius 1 is 0.585 bits per heavy atom. The number of anilines is 4. The van der Waals surface area contributed by atoms with E-state index in [4.69, 9.17) is 0 Å². The molecule has 0 atom stereocenters. The molecule has 2 nitrogen and oxygen atoms in total. The fraction of sp³-hybridized carbons (Fsp3) is 0.451. The number of benzene rings is 4. The lowest BCUT2D eigenvalue weighted by molar-refractivity contribution is 0.331. The minimum atomic E-state index is 0.0248. The molecule has 1 N–H and O–H groups in total. The number of rotatable bonds is 6. The average molecular weight is 705 g/mol. The first-order valence-corrected chi connectivity index (χ1v) is 20.2. The smallest absolute Gasteiger partial charge is 0.0543 e. The maximum Gasteiger partial charge on any atom is 0.0543 e. The van der Waals surface area contributed by atoms with Crippen molar-refractivity contribution in [3.63, 3.8) is 0 Å². The molecule has 0 fully saturated rings. The van der Waals surface area contributed by atoms with Crippen LogP contribution in [-0.2, 0) is 21.7 Å². The van der Waals surface area contributed by atoms with Crippen molar-refractivity contribution in [3.8, 4) is 11.1 Å². The van der Waals surface area contributed by atoms with E-state index in [9.17, 15) is 0 Å². The third-order valence-electron chi connectivity index (χ3n) is 13.1. The Morgan fingerprint density at radius 2 is 1.21 bits per heavy atom. The molecule has 4 aromatic carbocycles. The van der Waals surface area contributed by atoms with Gasteiger partial charge in [0.1, 0.15) is 0 Å². The Balaban J connectivity index is 1.52. The van der Waals surface area contributed by atoms with E-state index >= 15 is 0 Å². The molecule has 2 heteroatoms. The summed E-state index contributed by atoms with van der Waals surface area (Å²) >= 11 is 0. The largest absolute Gasteiger partial charge is 0.359 e. The monoisotopic (exact) mass is 705 g/mol. The molecule has 4 aromatic rings. The number of aryl methyl sites for hydroxylation is 1. The van der Waals surface area contributed by atoms with Crippen LogP contribution >= 0.6 is 0 Å². The Hall–Kier alpha value is -4.04. The predicted octanol–water partition coefficient (Wildman–Crippen LogP) is 14.9. The number of hydrogen-bond acceptors (Lipinski definition) is 2. The Bertz CT molecular complexity index is 2090. The molecule has 0 radical (unpaired) electrons. The van der Waals surface area contributed by atoms with Gasteiger partial charge in [-0.3, -0.25) is 0 Å². The third-order valence-corrected chi connectivity index (χ3v) is 13.1. The minimum absolute atomic E-state index is 0.0248. The summed E-state index contributed by atoms with van der Waals surface area (Å²) < 4.78 is 0. The lowest BCUT2D eigenvalue weighted by atomic mass is 9.62.